The lowest BCUT2D eigenvalue weighted by Crippen LogP contribution is -2.20. The number of para-hydroxylation sites is 1. The van der Waals surface area contributed by atoms with Gasteiger partial charge in [-0.2, -0.15) is 0 Å². The molecule has 1 unspecified atom stereocenters. The van der Waals surface area contributed by atoms with E-state index in [1.54, 1.807) is 0 Å². The van der Waals surface area contributed by atoms with Crippen LogP contribution in [0.1, 0.15) is 18.0 Å². The summed E-state index contributed by atoms with van der Waals surface area (Å²) < 4.78 is 11.4. The molecule has 1 aliphatic heterocycles. The van der Waals surface area contributed by atoms with Crippen molar-refractivity contribution in [1.82, 2.24) is 0 Å². The first-order valence-corrected chi connectivity index (χ1v) is 7.28. The normalized spacial score (nSPS) is 15.1. The van der Waals surface area contributed by atoms with Crippen LogP contribution in [0.2, 0.25) is 0 Å². The average molecular weight is 284 g/mol. The zero-order valence-corrected chi connectivity index (χ0v) is 11.9. The molecule has 3 rings (SSSR count). The van der Waals surface area contributed by atoms with Gasteiger partial charge in [-0.05, 0) is 29.8 Å². The lowest BCUT2D eigenvalue weighted by atomic mass is 10.1. The Morgan fingerprint density at radius 1 is 1.00 bits per heavy atom. The highest BCUT2D eigenvalue weighted by atomic mass is 16.5. The van der Waals surface area contributed by atoms with E-state index in [4.69, 9.17) is 15.2 Å². The molecule has 21 heavy (non-hydrogen) atoms. The Kier molecular flexibility index (Phi) is 4.26. The van der Waals surface area contributed by atoms with Crippen LogP contribution in [-0.4, -0.2) is 19.8 Å². The number of fused-ring (bicyclic) bond motifs is 1. The van der Waals surface area contributed by atoms with Gasteiger partial charge in [0.2, 0.25) is 0 Å². The van der Waals surface area contributed by atoms with Crippen molar-refractivity contribution in [2.45, 2.75) is 12.5 Å². The smallest absolute Gasteiger partial charge is 0.161 e. The molecule has 0 bridgehead atoms. The van der Waals surface area contributed by atoms with Crippen LogP contribution in [0, 0.1) is 0 Å². The van der Waals surface area contributed by atoms with Gasteiger partial charge in [-0.15, -0.1) is 0 Å². The summed E-state index contributed by atoms with van der Waals surface area (Å²) in [6, 6.07) is 16.1. The van der Waals surface area contributed by atoms with E-state index in [0.717, 1.165) is 29.2 Å². The minimum Gasteiger partial charge on any atom is -0.490 e. The van der Waals surface area contributed by atoms with E-state index in [0.29, 0.717) is 19.8 Å². The molecule has 0 saturated carbocycles. The molecule has 0 aliphatic carbocycles. The maximum absolute atomic E-state index is 5.93. The number of ether oxygens (including phenoxy) is 2. The van der Waals surface area contributed by atoms with Gasteiger partial charge in [-0.1, -0.05) is 24.3 Å². The molecule has 0 fully saturated rings. The zero-order valence-electron chi connectivity index (χ0n) is 11.9. The van der Waals surface area contributed by atoms with Crippen LogP contribution < -0.4 is 20.5 Å². The van der Waals surface area contributed by atoms with Crippen LogP contribution in [0.5, 0.6) is 11.5 Å². The van der Waals surface area contributed by atoms with Crippen molar-refractivity contribution in [3.05, 3.63) is 54.1 Å². The molecule has 0 saturated heterocycles. The van der Waals surface area contributed by atoms with Gasteiger partial charge in [0.15, 0.2) is 11.5 Å². The maximum Gasteiger partial charge on any atom is 0.161 e. The molecule has 0 spiro atoms. The van der Waals surface area contributed by atoms with Gasteiger partial charge in [0.25, 0.3) is 0 Å². The number of rotatable bonds is 4. The molecule has 2 aromatic carbocycles. The molecule has 110 valence electrons. The average Bonchev–Trinajstić information content (AvgIpc) is 2.78. The Labute approximate surface area is 124 Å². The highest BCUT2D eigenvalue weighted by molar-refractivity contribution is 5.49. The molecule has 0 radical (unpaired) electrons. The number of nitrogens with one attached hydrogen (secondary N) is 1. The molecule has 4 nitrogen and oxygen atoms in total. The number of nitrogens with two attached hydrogens (primary N) is 1. The van der Waals surface area contributed by atoms with Crippen molar-refractivity contribution >= 4 is 5.69 Å². The molecule has 1 atom stereocenters. The van der Waals surface area contributed by atoms with Gasteiger partial charge < -0.3 is 20.5 Å². The standard InChI is InChI=1S/C17H20N2O2/c18-12-15(19-14-5-2-1-3-6-14)13-7-8-16-17(11-13)21-10-4-9-20-16/h1-3,5-8,11,15,19H,4,9-10,12,18H2. The predicted octanol–water partition coefficient (Wildman–Crippen LogP) is 2.96. The number of hydrogen-bond acceptors (Lipinski definition) is 4. The largest absolute Gasteiger partial charge is 0.490 e. The van der Waals surface area contributed by atoms with Gasteiger partial charge >= 0.3 is 0 Å². The molecule has 4 heteroatoms. The van der Waals surface area contributed by atoms with Gasteiger partial charge in [-0.3, -0.25) is 0 Å². The molecule has 2 aromatic rings. The molecule has 1 heterocycles. The Morgan fingerprint density at radius 2 is 1.76 bits per heavy atom. The summed E-state index contributed by atoms with van der Waals surface area (Å²) in [4.78, 5) is 0. The predicted molar refractivity (Wildman–Crippen MR) is 83.9 cm³/mol. The van der Waals surface area contributed by atoms with E-state index in [1.807, 2.05) is 48.5 Å². The summed E-state index contributed by atoms with van der Waals surface area (Å²) in [6.07, 6.45) is 0.909. The van der Waals surface area contributed by atoms with Crippen molar-refractivity contribution in [1.29, 1.82) is 0 Å². The summed E-state index contributed by atoms with van der Waals surface area (Å²) in [5.74, 6) is 1.62. The van der Waals surface area contributed by atoms with Crippen LogP contribution in [0.15, 0.2) is 48.5 Å². The maximum atomic E-state index is 5.93. The molecule has 0 aromatic heterocycles. The molecule has 1 aliphatic rings. The second-order valence-corrected chi connectivity index (χ2v) is 5.06. The Balaban J connectivity index is 1.82. The first kappa shape index (κ1) is 13.8. The Hall–Kier alpha value is -2.20. The van der Waals surface area contributed by atoms with Crippen LogP contribution in [0.4, 0.5) is 5.69 Å². The second kappa shape index (κ2) is 6.50. The van der Waals surface area contributed by atoms with Crippen molar-refractivity contribution in [2.24, 2.45) is 5.73 Å². The molecular formula is C17H20N2O2. The minimum absolute atomic E-state index is 0.0459. The Morgan fingerprint density at radius 3 is 2.52 bits per heavy atom. The third kappa shape index (κ3) is 3.28. The first-order chi connectivity index (χ1) is 10.4. The minimum atomic E-state index is 0.0459. The third-order valence-electron chi connectivity index (χ3n) is 3.52. The fraction of sp³-hybridized carbons (Fsp3) is 0.294. The van der Waals surface area contributed by atoms with Gasteiger partial charge in [0.05, 0.1) is 19.3 Å². The third-order valence-corrected chi connectivity index (χ3v) is 3.52. The van der Waals surface area contributed by atoms with E-state index >= 15 is 0 Å². The summed E-state index contributed by atoms with van der Waals surface area (Å²) in [7, 11) is 0. The van der Waals surface area contributed by atoms with Gasteiger partial charge in [-0.25, -0.2) is 0 Å². The van der Waals surface area contributed by atoms with Gasteiger partial charge in [0, 0.05) is 18.7 Å². The van der Waals surface area contributed by atoms with Crippen LogP contribution in [0.3, 0.4) is 0 Å². The van der Waals surface area contributed by atoms with Crippen molar-refractivity contribution in [3.63, 3.8) is 0 Å². The lowest BCUT2D eigenvalue weighted by molar-refractivity contribution is 0.297. The highest BCUT2D eigenvalue weighted by Gasteiger charge is 2.15. The summed E-state index contributed by atoms with van der Waals surface area (Å²) >= 11 is 0. The number of anilines is 1. The van der Waals surface area contributed by atoms with E-state index in [1.165, 1.54) is 0 Å². The second-order valence-electron chi connectivity index (χ2n) is 5.06. The quantitative estimate of drug-likeness (QED) is 0.906. The van der Waals surface area contributed by atoms with Gasteiger partial charge in [0.1, 0.15) is 0 Å². The van der Waals surface area contributed by atoms with Crippen LogP contribution in [0.25, 0.3) is 0 Å². The molecular weight excluding hydrogens is 264 g/mol. The van der Waals surface area contributed by atoms with E-state index in [9.17, 15) is 0 Å². The topological polar surface area (TPSA) is 56.5 Å². The van der Waals surface area contributed by atoms with E-state index in [-0.39, 0.29) is 6.04 Å². The van der Waals surface area contributed by atoms with E-state index < -0.39 is 0 Å². The van der Waals surface area contributed by atoms with E-state index in [2.05, 4.69) is 5.32 Å². The fourth-order valence-electron chi connectivity index (χ4n) is 2.41. The van der Waals surface area contributed by atoms with Crippen molar-refractivity contribution < 1.29 is 9.47 Å². The summed E-state index contributed by atoms with van der Waals surface area (Å²) in [5.41, 5.74) is 8.08. The monoisotopic (exact) mass is 284 g/mol. The lowest BCUT2D eigenvalue weighted by Gasteiger charge is -2.20. The number of hydrogen-bond donors (Lipinski definition) is 2. The summed E-state index contributed by atoms with van der Waals surface area (Å²) in [5, 5.41) is 3.45. The van der Waals surface area contributed by atoms with Crippen LogP contribution in [-0.2, 0) is 0 Å². The fourth-order valence-corrected chi connectivity index (χ4v) is 2.41. The van der Waals surface area contributed by atoms with Crippen molar-refractivity contribution in [3.8, 4) is 11.5 Å². The molecule has 3 N–H and O–H groups in total. The Bertz CT molecular complexity index is 587. The van der Waals surface area contributed by atoms with Crippen molar-refractivity contribution in [2.75, 3.05) is 25.1 Å². The molecule has 0 amide bonds. The first-order valence-electron chi connectivity index (χ1n) is 7.28. The number of benzene rings is 2. The van der Waals surface area contributed by atoms with Crippen LogP contribution >= 0.6 is 0 Å². The highest BCUT2D eigenvalue weighted by Crippen LogP contribution is 2.33. The summed E-state index contributed by atoms with van der Waals surface area (Å²) in [6.45, 7) is 1.90. The SMILES string of the molecule is NCC(Nc1ccccc1)c1ccc2c(c1)OCCCO2. The zero-order chi connectivity index (χ0) is 14.5.